The van der Waals surface area contributed by atoms with Gasteiger partial charge in [0, 0.05) is 19.7 Å². The summed E-state index contributed by atoms with van der Waals surface area (Å²) >= 11 is 6.28. The van der Waals surface area contributed by atoms with E-state index in [1.807, 2.05) is 18.0 Å². The molecule has 7 heteroatoms. The Morgan fingerprint density at radius 2 is 1.87 bits per heavy atom. The van der Waals surface area contributed by atoms with Gasteiger partial charge in [-0.15, -0.1) is 0 Å². The lowest BCUT2D eigenvalue weighted by atomic mass is 10.1. The molecule has 0 N–H and O–H groups in total. The van der Waals surface area contributed by atoms with Gasteiger partial charge in [-0.25, -0.2) is 19.3 Å². The van der Waals surface area contributed by atoms with Crippen LogP contribution < -0.4 is 9.64 Å². The maximum Gasteiger partial charge on any atom is 0.426 e. The third kappa shape index (κ3) is 4.00. The zero-order valence-electron chi connectivity index (χ0n) is 17.0. The average molecular weight is 421 g/mol. The number of imidazole rings is 1. The molecule has 4 aromatic rings. The third-order valence-corrected chi connectivity index (χ3v) is 5.19. The highest BCUT2D eigenvalue weighted by atomic mass is 35.5. The van der Waals surface area contributed by atoms with Gasteiger partial charge in [-0.05, 0) is 42.7 Å². The zero-order valence-corrected chi connectivity index (χ0v) is 17.7. The van der Waals surface area contributed by atoms with Gasteiger partial charge in [0.1, 0.15) is 22.7 Å². The van der Waals surface area contributed by atoms with E-state index in [2.05, 4.69) is 42.0 Å². The molecule has 2 aromatic carbocycles. The van der Waals surface area contributed by atoms with Crippen molar-refractivity contribution in [3.63, 3.8) is 0 Å². The van der Waals surface area contributed by atoms with Crippen molar-refractivity contribution in [2.24, 2.45) is 0 Å². The fourth-order valence-electron chi connectivity index (χ4n) is 3.27. The molecule has 0 saturated carbocycles. The second kappa shape index (κ2) is 8.16. The van der Waals surface area contributed by atoms with Crippen LogP contribution in [0.5, 0.6) is 5.75 Å². The maximum absolute atomic E-state index is 12.6. The van der Waals surface area contributed by atoms with Crippen molar-refractivity contribution >= 4 is 34.5 Å². The zero-order chi connectivity index (χ0) is 21.3. The molecule has 0 fully saturated rings. The van der Waals surface area contributed by atoms with E-state index in [1.54, 1.807) is 30.3 Å². The maximum atomic E-state index is 12.6. The van der Waals surface area contributed by atoms with E-state index in [4.69, 9.17) is 16.3 Å². The van der Waals surface area contributed by atoms with Gasteiger partial charge < -0.3 is 9.64 Å². The number of nitrogens with zero attached hydrogens (tertiary/aromatic N) is 4. The first-order chi connectivity index (χ1) is 14.4. The summed E-state index contributed by atoms with van der Waals surface area (Å²) in [6.07, 6.45) is 0.813. The lowest BCUT2D eigenvalue weighted by molar-refractivity contribution is 0.203. The van der Waals surface area contributed by atoms with Gasteiger partial charge in [0.15, 0.2) is 5.65 Å². The minimum Gasteiger partial charge on any atom is -0.410 e. The number of aromatic nitrogens is 3. The van der Waals surface area contributed by atoms with Crippen molar-refractivity contribution in [2.75, 3.05) is 11.9 Å². The van der Waals surface area contributed by atoms with Crippen LogP contribution in [-0.4, -0.2) is 27.7 Å². The molecule has 152 valence electrons. The van der Waals surface area contributed by atoms with Crippen molar-refractivity contribution in [3.8, 4) is 5.75 Å². The van der Waals surface area contributed by atoms with Gasteiger partial charge in [-0.1, -0.05) is 48.0 Å². The average Bonchev–Trinajstić information content (AvgIpc) is 3.14. The number of para-hydroxylation sites is 1. The highest BCUT2D eigenvalue weighted by molar-refractivity contribution is 6.30. The lowest BCUT2D eigenvalue weighted by Crippen LogP contribution is -2.18. The third-order valence-electron chi connectivity index (χ3n) is 5.00. The Labute approximate surface area is 179 Å². The van der Waals surface area contributed by atoms with E-state index in [1.165, 1.54) is 27.6 Å². The number of benzene rings is 2. The number of rotatable bonds is 4. The number of anilines is 1. The van der Waals surface area contributed by atoms with Crippen LogP contribution in [-0.2, 0) is 6.54 Å². The Morgan fingerprint density at radius 1 is 1.10 bits per heavy atom. The predicted octanol–water partition coefficient (Wildman–Crippen LogP) is 5.39. The Morgan fingerprint density at radius 3 is 2.60 bits per heavy atom. The van der Waals surface area contributed by atoms with Gasteiger partial charge >= 0.3 is 6.09 Å². The van der Waals surface area contributed by atoms with E-state index >= 15 is 0 Å². The standard InChI is InChI=1S/C23H21ClN4O2/c1-15-9-10-17(11-16(15)2)13-27(3)19-12-20(24)26-22-21(19)25-14-28(22)23(29)30-18-7-5-4-6-8-18/h4-12,14H,13H2,1-3H3. The molecule has 0 aliphatic carbocycles. The van der Waals surface area contributed by atoms with E-state index < -0.39 is 6.09 Å². The quantitative estimate of drug-likeness (QED) is 0.414. The summed E-state index contributed by atoms with van der Waals surface area (Å²) < 4.78 is 6.68. The Bertz CT molecular complexity index is 1220. The van der Waals surface area contributed by atoms with Crippen molar-refractivity contribution in [2.45, 2.75) is 20.4 Å². The van der Waals surface area contributed by atoms with Crippen LogP contribution in [0.4, 0.5) is 10.5 Å². The first-order valence-corrected chi connectivity index (χ1v) is 9.88. The smallest absolute Gasteiger partial charge is 0.410 e. The molecule has 0 spiro atoms. The van der Waals surface area contributed by atoms with E-state index in [-0.39, 0.29) is 5.15 Å². The van der Waals surface area contributed by atoms with Crippen LogP contribution >= 0.6 is 11.6 Å². The molecule has 0 amide bonds. The van der Waals surface area contributed by atoms with E-state index in [0.29, 0.717) is 23.5 Å². The van der Waals surface area contributed by atoms with E-state index in [9.17, 15) is 4.79 Å². The number of pyridine rings is 1. The monoisotopic (exact) mass is 420 g/mol. The number of hydrogen-bond acceptors (Lipinski definition) is 5. The van der Waals surface area contributed by atoms with Gasteiger partial charge in [0.2, 0.25) is 0 Å². The van der Waals surface area contributed by atoms with Crippen molar-refractivity contribution in [1.82, 2.24) is 14.5 Å². The molecule has 0 saturated heterocycles. The van der Waals surface area contributed by atoms with E-state index in [0.717, 1.165) is 5.69 Å². The normalized spacial score (nSPS) is 10.9. The fraction of sp³-hybridized carbons (Fsp3) is 0.174. The molecule has 0 bridgehead atoms. The first-order valence-electron chi connectivity index (χ1n) is 9.50. The predicted molar refractivity (Wildman–Crippen MR) is 118 cm³/mol. The van der Waals surface area contributed by atoms with Gasteiger partial charge in [0.25, 0.3) is 0 Å². The molecule has 2 aromatic heterocycles. The van der Waals surface area contributed by atoms with Crippen LogP contribution in [0, 0.1) is 13.8 Å². The number of fused-ring (bicyclic) bond motifs is 1. The summed E-state index contributed by atoms with van der Waals surface area (Å²) in [5.74, 6) is 0.443. The number of aryl methyl sites for hydroxylation is 2. The van der Waals surface area contributed by atoms with Crippen LogP contribution in [0.15, 0.2) is 60.9 Å². The molecule has 6 nitrogen and oxygen atoms in total. The van der Waals surface area contributed by atoms with Crippen LogP contribution in [0.1, 0.15) is 16.7 Å². The Hall–Kier alpha value is -3.38. The highest BCUT2D eigenvalue weighted by Crippen LogP contribution is 2.28. The number of halogens is 1. The topological polar surface area (TPSA) is 60.2 Å². The summed E-state index contributed by atoms with van der Waals surface area (Å²) in [5, 5.41) is 0.277. The summed E-state index contributed by atoms with van der Waals surface area (Å²) in [6.45, 7) is 4.86. The summed E-state index contributed by atoms with van der Waals surface area (Å²) in [6, 6.07) is 17.0. The number of carbonyl (C=O) groups is 1. The SMILES string of the molecule is Cc1ccc(CN(C)c2cc(Cl)nc3c2ncn3C(=O)Oc2ccccc2)cc1C. The van der Waals surface area contributed by atoms with Crippen molar-refractivity contribution in [3.05, 3.63) is 82.8 Å². The molecule has 2 heterocycles. The molecule has 0 aliphatic heterocycles. The molecule has 0 atom stereocenters. The second-order valence-corrected chi connectivity index (χ2v) is 7.59. The Kier molecular flexibility index (Phi) is 5.42. The van der Waals surface area contributed by atoms with Gasteiger partial charge in [-0.2, -0.15) is 0 Å². The minimum atomic E-state index is -0.596. The van der Waals surface area contributed by atoms with Crippen LogP contribution in [0.25, 0.3) is 11.2 Å². The summed E-state index contributed by atoms with van der Waals surface area (Å²) in [5.41, 5.74) is 5.39. The second-order valence-electron chi connectivity index (χ2n) is 7.21. The van der Waals surface area contributed by atoms with Crippen molar-refractivity contribution < 1.29 is 9.53 Å². The summed E-state index contributed by atoms with van der Waals surface area (Å²) in [7, 11) is 1.96. The number of ether oxygens (including phenoxy) is 1. The highest BCUT2D eigenvalue weighted by Gasteiger charge is 2.19. The fourth-order valence-corrected chi connectivity index (χ4v) is 3.45. The largest absolute Gasteiger partial charge is 0.426 e. The molecular formula is C23H21ClN4O2. The molecule has 30 heavy (non-hydrogen) atoms. The number of carbonyl (C=O) groups excluding carboxylic acids is 1. The Balaban J connectivity index is 1.66. The number of hydrogen-bond donors (Lipinski definition) is 0. The lowest BCUT2D eigenvalue weighted by Gasteiger charge is -2.20. The minimum absolute atomic E-state index is 0.277. The molecule has 0 radical (unpaired) electrons. The first kappa shape index (κ1) is 19.9. The molecule has 4 rings (SSSR count). The molecule has 0 aliphatic rings. The van der Waals surface area contributed by atoms with Gasteiger partial charge in [0.05, 0.1) is 5.69 Å². The van der Waals surface area contributed by atoms with Crippen LogP contribution in [0.2, 0.25) is 5.15 Å². The summed E-state index contributed by atoms with van der Waals surface area (Å²) in [4.78, 5) is 23.4. The van der Waals surface area contributed by atoms with Crippen molar-refractivity contribution in [1.29, 1.82) is 0 Å². The molecular weight excluding hydrogens is 400 g/mol. The van der Waals surface area contributed by atoms with Gasteiger partial charge in [-0.3, -0.25) is 0 Å². The molecule has 0 unspecified atom stereocenters. The van der Waals surface area contributed by atoms with Crippen LogP contribution in [0.3, 0.4) is 0 Å².